The average molecular weight is 330 g/mol. The SMILES string of the molecule is CCC[C@H]1CC[C@H]([C@H]2CC[C@H](c3ccc(OCC)nc3)CC2)CC1. The Morgan fingerprint density at radius 2 is 1.58 bits per heavy atom. The molecule has 2 aliphatic carbocycles. The van der Waals surface area contributed by atoms with Crippen LogP contribution in [0.3, 0.4) is 0 Å². The molecule has 0 aliphatic heterocycles. The van der Waals surface area contributed by atoms with Crippen molar-refractivity contribution in [1.29, 1.82) is 0 Å². The van der Waals surface area contributed by atoms with E-state index in [9.17, 15) is 0 Å². The number of hydrogen-bond acceptors (Lipinski definition) is 2. The third kappa shape index (κ3) is 4.52. The van der Waals surface area contributed by atoms with Gasteiger partial charge in [-0.05, 0) is 74.7 Å². The van der Waals surface area contributed by atoms with E-state index in [-0.39, 0.29) is 0 Å². The molecule has 0 bridgehead atoms. The number of ether oxygens (including phenoxy) is 1. The van der Waals surface area contributed by atoms with Crippen molar-refractivity contribution in [2.24, 2.45) is 17.8 Å². The first-order valence-electron chi connectivity index (χ1n) is 10.4. The molecule has 0 amide bonds. The molecule has 2 nitrogen and oxygen atoms in total. The molecule has 134 valence electrons. The summed E-state index contributed by atoms with van der Waals surface area (Å²) < 4.78 is 5.46. The highest BCUT2D eigenvalue weighted by Gasteiger charge is 2.31. The van der Waals surface area contributed by atoms with Crippen molar-refractivity contribution >= 4 is 0 Å². The summed E-state index contributed by atoms with van der Waals surface area (Å²) in [6.45, 7) is 5.04. The summed E-state index contributed by atoms with van der Waals surface area (Å²) in [6.07, 6.45) is 16.5. The Hall–Kier alpha value is -1.05. The van der Waals surface area contributed by atoms with E-state index in [2.05, 4.69) is 18.0 Å². The Kier molecular flexibility index (Phi) is 6.57. The molecule has 24 heavy (non-hydrogen) atoms. The van der Waals surface area contributed by atoms with Crippen LogP contribution in [0.1, 0.15) is 89.5 Å². The smallest absolute Gasteiger partial charge is 0.213 e. The second-order valence-corrected chi connectivity index (χ2v) is 8.04. The summed E-state index contributed by atoms with van der Waals surface area (Å²) in [4.78, 5) is 4.46. The zero-order valence-corrected chi connectivity index (χ0v) is 15.7. The molecule has 0 N–H and O–H groups in total. The predicted octanol–water partition coefficient (Wildman–Crippen LogP) is 6.36. The minimum atomic E-state index is 0.692. The van der Waals surface area contributed by atoms with Crippen molar-refractivity contribution < 1.29 is 4.74 Å². The molecule has 1 aromatic heterocycles. The maximum absolute atomic E-state index is 5.46. The molecule has 0 unspecified atom stereocenters. The van der Waals surface area contributed by atoms with Gasteiger partial charge in [0.15, 0.2) is 0 Å². The monoisotopic (exact) mass is 329 g/mol. The maximum atomic E-state index is 5.46. The Morgan fingerprint density at radius 1 is 0.917 bits per heavy atom. The van der Waals surface area contributed by atoms with Crippen molar-refractivity contribution in [2.45, 2.75) is 84.0 Å². The molecule has 3 rings (SSSR count). The van der Waals surface area contributed by atoms with Gasteiger partial charge in [-0.15, -0.1) is 0 Å². The van der Waals surface area contributed by atoms with Crippen LogP contribution in [0.2, 0.25) is 0 Å². The summed E-state index contributed by atoms with van der Waals surface area (Å²) in [7, 11) is 0. The Balaban J connectivity index is 1.45. The third-order valence-electron chi connectivity index (χ3n) is 6.55. The van der Waals surface area contributed by atoms with E-state index in [1.807, 2.05) is 19.2 Å². The number of hydrogen-bond donors (Lipinski definition) is 0. The van der Waals surface area contributed by atoms with Crippen LogP contribution in [-0.4, -0.2) is 11.6 Å². The number of rotatable bonds is 6. The molecule has 2 saturated carbocycles. The van der Waals surface area contributed by atoms with Crippen LogP contribution in [0.4, 0.5) is 0 Å². The zero-order valence-electron chi connectivity index (χ0n) is 15.7. The van der Waals surface area contributed by atoms with Gasteiger partial charge in [-0.1, -0.05) is 38.7 Å². The number of pyridine rings is 1. The van der Waals surface area contributed by atoms with Crippen LogP contribution in [0.25, 0.3) is 0 Å². The molecule has 0 aromatic carbocycles. The van der Waals surface area contributed by atoms with E-state index in [1.165, 1.54) is 69.8 Å². The van der Waals surface area contributed by atoms with Crippen LogP contribution in [0, 0.1) is 17.8 Å². The second-order valence-electron chi connectivity index (χ2n) is 8.04. The van der Waals surface area contributed by atoms with Gasteiger partial charge in [0.2, 0.25) is 5.88 Å². The van der Waals surface area contributed by atoms with E-state index in [0.717, 1.165) is 29.6 Å². The highest BCUT2D eigenvalue weighted by atomic mass is 16.5. The summed E-state index contributed by atoms with van der Waals surface area (Å²) in [5, 5.41) is 0. The number of aromatic nitrogens is 1. The molecule has 1 aromatic rings. The molecule has 2 heteroatoms. The lowest BCUT2D eigenvalue weighted by Crippen LogP contribution is -2.25. The summed E-state index contributed by atoms with van der Waals surface area (Å²) in [6, 6.07) is 4.28. The fourth-order valence-corrected chi connectivity index (χ4v) is 5.15. The largest absolute Gasteiger partial charge is 0.478 e. The molecule has 2 aliphatic rings. The van der Waals surface area contributed by atoms with Gasteiger partial charge in [0.25, 0.3) is 0 Å². The van der Waals surface area contributed by atoms with E-state index < -0.39 is 0 Å². The zero-order chi connectivity index (χ0) is 16.8. The lowest BCUT2D eigenvalue weighted by atomic mass is 9.68. The maximum Gasteiger partial charge on any atom is 0.213 e. The Morgan fingerprint density at radius 3 is 2.12 bits per heavy atom. The molecule has 0 saturated heterocycles. The summed E-state index contributed by atoms with van der Waals surface area (Å²) in [5.74, 6) is 4.55. The summed E-state index contributed by atoms with van der Waals surface area (Å²) in [5.41, 5.74) is 1.42. The predicted molar refractivity (Wildman–Crippen MR) is 100 cm³/mol. The molecule has 0 spiro atoms. The van der Waals surface area contributed by atoms with Crippen molar-refractivity contribution in [2.75, 3.05) is 6.61 Å². The lowest BCUT2D eigenvalue weighted by molar-refractivity contribution is 0.156. The lowest BCUT2D eigenvalue weighted by Gasteiger charge is -2.38. The van der Waals surface area contributed by atoms with Crippen molar-refractivity contribution in [3.63, 3.8) is 0 Å². The van der Waals surface area contributed by atoms with Crippen molar-refractivity contribution in [1.82, 2.24) is 4.98 Å². The quantitative estimate of drug-likeness (QED) is 0.605. The highest BCUT2D eigenvalue weighted by molar-refractivity contribution is 5.21. The fourth-order valence-electron chi connectivity index (χ4n) is 5.15. The Bertz CT molecular complexity index is 467. The van der Waals surface area contributed by atoms with Crippen molar-refractivity contribution in [3.05, 3.63) is 23.9 Å². The van der Waals surface area contributed by atoms with Gasteiger partial charge in [0.05, 0.1) is 6.61 Å². The van der Waals surface area contributed by atoms with Crippen LogP contribution in [0.5, 0.6) is 5.88 Å². The molecule has 0 radical (unpaired) electrons. The van der Waals surface area contributed by atoms with Crippen LogP contribution >= 0.6 is 0 Å². The molecular formula is C22H35NO. The van der Waals surface area contributed by atoms with E-state index in [1.54, 1.807) is 0 Å². The molecule has 1 heterocycles. The van der Waals surface area contributed by atoms with Crippen LogP contribution < -0.4 is 4.74 Å². The topological polar surface area (TPSA) is 22.1 Å². The van der Waals surface area contributed by atoms with E-state index in [4.69, 9.17) is 4.74 Å². The normalized spacial score (nSPS) is 30.9. The van der Waals surface area contributed by atoms with Crippen LogP contribution in [-0.2, 0) is 0 Å². The van der Waals surface area contributed by atoms with Crippen molar-refractivity contribution in [3.8, 4) is 5.88 Å². The fraction of sp³-hybridized carbons (Fsp3) is 0.773. The molecule has 2 fully saturated rings. The average Bonchev–Trinajstić information content (AvgIpc) is 2.64. The second kappa shape index (κ2) is 8.87. The first-order valence-corrected chi connectivity index (χ1v) is 10.4. The van der Waals surface area contributed by atoms with E-state index in [0.29, 0.717) is 6.61 Å². The minimum Gasteiger partial charge on any atom is -0.478 e. The van der Waals surface area contributed by atoms with Crippen LogP contribution in [0.15, 0.2) is 18.3 Å². The van der Waals surface area contributed by atoms with Gasteiger partial charge in [-0.3, -0.25) is 0 Å². The minimum absolute atomic E-state index is 0.692. The standard InChI is InChI=1S/C22H35NO/c1-3-5-17-6-8-18(9-7-17)19-10-12-20(13-11-19)21-14-15-22(23-16-21)24-4-2/h14-20H,3-13H2,1-2H3/t17-,18-,19-,20-. The third-order valence-corrected chi connectivity index (χ3v) is 6.55. The Labute approximate surface area is 148 Å². The number of nitrogens with zero attached hydrogens (tertiary/aromatic N) is 1. The molecular weight excluding hydrogens is 294 g/mol. The van der Waals surface area contributed by atoms with Gasteiger partial charge < -0.3 is 4.74 Å². The first kappa shape index (κ1) is 17.8. The van der Waals surface area contributed by atoms with E-state index >= 15 is 0 Å². The van der Waals surface area contributed by atoms with Gasteiger partial charge in [-0.2, -0.15) is 0 Å². The molecule has 0 atom stereocenters. The first-order chi connectivity index (χ1) is 11.8. The van der Waals surface area contributed by atoms with Gasteiger partial charge in [-0.25, -0.2) is 4.98 Å². The highest BCUT2D eigenvalue weighted by Crippen LogP contribution is 2.44. The van der Waals surface area contributed by atoms with Gasteiger partial charge in [0, 0.05) is 12.3 Å². The van der Waals surface area contributed by atoms with Gasteiger partial charge in [0.1, 0.15) is 0 Å². The van der Waals surface area contributed by atoms with Gasteiger partial charge >= 0.3 is 0 Å². The summed E-state index contributed by atoms with van der Waals surface area (Å²) >= 11 is 0.